The molecule has 3 N–H and O–H groups in total. The van der Waals surface area contributed by atoms with Crippen molar-refractivity contribution in [3.05, 3.63) is 28.8 Å². The first kappa shape index (κ1) is 10.4. The Morgan fingerprint density at radius 3 is 3.06 bits per heavy atom. The highest BCUT2D eigenvalue weighted by Crippen LogP contribution is 2.28. The van der Waals surface area contributed by atoms with E-state index in [1.165, 1.54) is 18.3 Å². The Kier molecular flexibility index (Phi) is 2.74. The first-order valence-corrected chi connectivity index (χ1v) is 4.56. The molecular weight excluding hydrogens is 212 g/mol. The molecule has 0 radical (unpaired) electrons. The van der Waals surface area contributed by atoms with Gasteiger partial charge in [-0.3, -0.25) is 0 Å². The zero-order valence-electron chi connectivity index (χ0n) is 8.34. The van der Waals surface area contributed by atoms with E-state index in [9.17, 15) is 4.79 Å². The summed E-state index contributed by atoms with van der Waals surface area (Å²) in [5, 5.41) is 12.3. The van der Waals surface area contributed by atoms with E-state index in [4.69, 9.17) is 20.4 Å². The number of fused-ring (bicyclic) bond motifs is 1. The lowest BCUT2D eigenvalue weighted by molar-refractivity contribution is -0.0165. The van der Waals surface area contributed by atoms with Crippen LogP contribution in [0.2, 0.25) is 0 Å². The van der Waals surface area contributed by atoms with Gasteiger partial charge in [0.05, 0.1) is 18.4 Å². The minimum absolute atomic E-state index is 0.144. The van der Waals surface area contributed by atoms with E-state index in [0.29, 0.717) is 23.5 Å². The summed E-state index contributed by atoms with van der Waals surface area (Å²) in [6.07, 6.45) is 1.36. The molecule has 1 heterocycles. The van der Waals surface area contributed by atoms with E-state index in [0.717, 1.165) is 0 Å². The number of rotatable bonds is 2. The molecule has 0 unspecified atom stereocenters. The third-order valence-corrected chi connectivity index (χ3v) is 2.20. The number of carboxylic acid groups (broad SMARTS) is 1. The largest absolute Gasteiger partial charge is 0.478 e. The van der Waals surface area contributed by atoms with Gasteiger partial charge in [-0.05, 0) is 12.1 Å². The minimum atomic E-state index is -1.01. The molecule has 0 saturated carbocycles. The van der Waals surface area contributed by atoms with Crippen LogP contribution in [0.4, 0.5) is 0 Å². The van der Waals surface area contributed by atoms with Gasteiger partial charge in [-0.2, -0.15) is 5.10 Å². The third kappa shape index (κ3) is 1.82. The zero-order chi connectivity index (χ0) is 11.5. The summed E-state index contributed by atoms with van der Waals surface area (Å²) in [5.74, 6) is 4.62. The molecule has 16 heavy (non-hydrogen) atoms. The highest BCUT2D eigenvalue weighted by Gasteiger charge is 2.17. The number of ether oxygens (including phenoxy) is 2. The number of hydrogen-bond donors (Lipinski definition) is 2. The summed E-state index contributed by atoms with van der Waals surface area (Å²) in [5.41, 5.74) is 1.38. The Morgan fingerprint density at radius 1 is 1.56 bits per heavy atom. The van der Waals surface area contributed by atoms with E-state index < -0.39 is 5.97 Å². The molecule has 6 nitrogen and oxygen atoms in total. The molecule has 2 rings (SSSR count). The van der Waals surface area contributed by atoms with E-state index >= 15 is 0 Å². The SMILES string of the molecule is NN=Cc1cc(C(=O)O)cc2c1OCOC2. The Balaban J connectivity index is 2.56. The second-order valence-electron chi connectivity index (χ2n) is 3.25. The Morgan fingerprint density at radius 2 is 2.38 bits per heavy atom. The van der Waals surface area contributed by atoms with Gasteiger partial charge in [0, 0.05) is 11.1 Å². The van der Waals surface area contributed by atoms with Gasteiger partial charge < -0.3 is 20.4 Å². The molecule has 1 aromatic carbocycles. The number of carbonyl (C=O) groups is 1. The van der Waals surface area contributed by atoms with Crippen LogP contribution in [0, 0.1) is 0 Å². The van der Waals surface area contributed by atoms with Crippen LogP contribution < -0.4 is 10.6 Å². The van der Waals surface area contributed by atoms with Gasteiger partial charge in [0.1, 0.15) is 5.75 Å². The first-order valence-electron chi connectivity index (χ1n) is 4.56. The molecule has 0 bridgehead atoms. The fourth-order valence-corrected chi connectivity index (χ4v) is 1.55. The van der Waals surface area contributed by atoms with E-state index in [2.05, 4.69) is 5.10 Å². The van der Waals surface area contributed by atoms with Gasteiger partial charge in [0.2, 0.25) is 0 Å². The molecule has 0 aliphatic carbocycles. The quantitative estimate of drug-likeness (QED) is 0.432. The van der Waals surface area contributed by atoms with Crippen LogP contribution in [0.5, 0.6) is 5.75 Å². The Bertz CT molecular complexity index is 456. The Hall–Kier alpha value is -2.08. The normalized spacial score (nSPS) is 14.5. The second-order valence-corrected chi connectivity index (χ2v) is 3.25. The average molecular weight is 222 g/mol. The van der Waals surface area contributed by atoms with E-state index in [-0.39, 0.29) is 12.4 Å². The Labute approximate surface area is 91.3 Å². The molecule has 0 spiro atoms. The smallest absolute Gasteiger partial charge is 0.335 e. The number of hydrazone groups is 1. The van der Waals surface area contributed by atoms with Crippen molar-refractivity contribution < 1.29 is 19.4 Å². The summed E-state index contributed by atoms with van der Waals surface area (Å²) in [7, 11) is 0. The van der Waals surface area contributed by atoms with E-state index in [1.807, 2.05) is 0 Å². The van der Waals surface area contributed by atoms with Crippen molar-refractivity contribution in [2.75, 3.05) is 6.79 Å². The molecule has 1 aliphatic heterocycles. The van der Waals surface area contributed by atoms with Crippen molar-refractivity contribution in [3.8, 4) is 5.75 Å². The predicted octanol–water partition coefficient (Wildman–Crippen LogP) is 0.544. The molecule has 0 fully saturated rings. The molecule has 84 valence electrons. The van der Waals surface area contributed by atoms with Crippen LogP contribution in [-0.4, -0.2) is 24.1 Å². The molecule has 0 amide bonds. The van der Waals surface area contributed by atoms with Gasteiger partial charge in [-0.25, -0.2) is 4.79 Å². The van der Waals surface area contributed by atoms with Crippen molar-refractivity contribution >= 4 is 12.2 Å². The van der Waals surface area contributed by atoms with Crippen LogP contribution in [-0.2, 0) is 11.3 Å². The number of nitrogens with zero attached hydrogens (tertiary/aromatic N) is 1. The molecule has 6 heteroatoms. The topological polar surface area (TPSA) is 94.1 Å². The minimum Gasteiger partial charge on any atom is -0.478 e. The fraction of sp³-hybridized carbons (Fsp3) is 0.200. The van der Waals surface area contributed by atoms with Gasteiger partial charge in [0.25, 0.3) is 0 Å². The summed E-state index contributed by atoms with van der Waals surface area (Å²) in [6.45, 7) is 0.465. The molecule has 1 aliphatic rings. The zero-order valence-corrected chi connectivity index (χ0v) is 8.34. The fourth-order valence-electron chi connectivity index (χ4n) is 1.55. The number of hydrogen-bond acceptors (Lipinski definition) is 5. The summed E-state index contributed by atoms with van der Waals surface area (Å²) < 4.78 is 10.4. The molecule has 0 saturated heterocycles. The average Bonchev–Trinajstić information content (AvgIpc) is 2.29. The van der Waals surface area contributed by atoms with Crippen molar-refractivity contribution in [1.29, 1.82) is 0 Å². The van der Waals surface area contributed by atoms with Crippen molar-refractivity contribution in [1.82, 2.24) is 0 Å². The van der Waals surface area contributed by atoms with E-state index in [1.54, 1.807) is 0 Å². The number of benzene rings is 1. The molecule has 1 aromatic rings. The van der Waals surface area contributed by atoms with Gasteiger partial charge in [-0.1, -0.05) is 0 Å². The van der Waals surface area contributed by atoms with Crippen LogP contribution in [0.15, 0.2) is 17.2 Å². The van der Waals surface area contributed by atoms with Gasteiger partial charge in [-0.15, -0.1) is 0 Å². The lowest BCUT2D eigenvalue weighted by Crippen LogP contribution is -2.14. The standard InChI is InChI=1S/C10H10N2O4/c11-12-3-7-1-6(10(13)14)2-8-4-15-5-16-9(7)8/h1-3H,4-5,11H2,(H,13,14). The first-order chi connectivity index (χ1) is 7.72. The maximum absolute atomic E-state index is 10.9. The molecule has 0 aromatic heterocycles. The van der Waals surface area contributed by atoms with Crippen LogP contribution in [0.25, 0.3) is 0 Å². The van der Waals surface area contributed by atoms with Crippen molar-refractivity contribution in [2.45, 2.75) is 6.61 Å². The lowest BCUT2D eigenvalue weighted by atomic mass is 10.0. The monoisotopic (exact) mass is 222 g/mol. The van der Waals surface area contributed by atoms with Gasteiger partial charge in [0.15, 0.2) is 6.79 Å². The number of carboxylic acids is 1. The van der Waals surface area contributed by atoms with Crippen molar-refractivity contribution in [3.63, 3.8) is 0 Å². The highest BCUT2D eigenvalue weighted by molar-refractivity contribution is 5.93. The summed E-state index contributed by atoms with van der Waals surface area (Å²) in [6, 6.07) is 2.98. The highest BCUT2D eigenvalue weighted by atomic mass is 16.7. The van der Waals surface area contributed by atoms with Crippen LogP contribution >= 0.6 is 0 Å². The molecular formula is C10H10N2O4. The summed E-state index contributed by atoms with van der Waals surface area (Å²) >= 11 is 0. The third-order valence-electron chi connectivity index (χ3n) is 2.20. The lowest BCUT2D eigenvalue weighted by Gasteiger charge is -2.19. The van der Waals surface area contributed by atoms with Gasteiger partial charge >= 0.3 is 5.97 Å². The maximum atomic E-state index is 10.9. The maximum Gasteiger partial charge on any atom is 0.335 e. The number of aromatic carboxylic acids is 1. The van der Waals surface area contributed by atoms with Crippen molar-refractivity contribution in [2.24, 2.45) is 10.9 Å². The summed E-state index contributed by atoms with van der Waals surface area (Å²) in [4.78, 5) is 10.9. The molecule has 0 atom stereocenters. The number of nitrogens with two attached hydrogens (primary N) is 1. The van der Waals surface area contributed by atoms with Crippen LogP contribution in [0.1, 0.15) is 21.5 Å². The second kappa shape index (κ2) is 4.19. The predicted molar refractivity (Wildman–Crippen MR) is 55.5 cm³/mol. The van der Waals surface area contributed by atoms with Crippen LogP contribution in [0.3, 0.4) is 0 Å².